The third-order valence-electron chi connectivity index (χ3n) is 1.98. The van der Waals surface area contributed by atoms with Gasteiger partial charge in [-0.05, 0) is 6.92 Å². The maximum atomic E-state index is 11.8. The lowest BCUT2D eigenvalue weighted by Gasteiger charge is -2.08. The van der Waals surface area contributed by atoms with Gasteiger partial charge in [-0.25, -0.2) is 0 Å². The van der Waals surface area contributed by atoms with Gasteiger partial charge in [0.05, 0.1) is 6.26 Å². The molecule has 1 unspecified atom stereocenters. The van der Waals surface area contributed by atoms with Crippen molar-refractivity contribution < 1.29 is 17.4 Å². The van der Waals surface area contributed by atoms with Crippen LogP contribution < -0.4 is 9.50 Å². The van der Waals surface area contributed by atoms with E-state index in [0.29, 0.717) is 0 Å². The summed E-state index contributed by atoms with van der Waals surface area (Å²) in [5, 5.41) is 6.38. The lowest BCUT2D eigenvalue weighted by molar-refractivity contribution is 0.0945. The number of nitrogens with zero attached hydrogens (tertiary/aromatic N) is 2. The second kappa shape index (κ2) is 5.21. The molecule has 1 amide bonds. The van der Waals surface area contributed by atoms with E-state index < -0.39 is 16.0 Å². The maximum Gasteiger partial charge on any atom is 0.307 e. The summed E-state index contributed by atoms with van der Waals surface area (Å²) in [5.74, 6) is -0.720. The standard InChI is InChI=1S/C10H15N3O4S/c1-5-7(2)11-9(14)8-6-13(3)12-10(8)17-18(4,15)16/h5-7H,1H2,2-4H3,(H,11,14). The lowest BCUT2D eigenvalue weighted by Crippen LogP contribution is -2.31. The molecule has 100 valence electrons. The summed E-state index contributed by atoms with van der Waals surface area (Å²) < 4.78 is 28.0. The molecule has 0 aliphatic rings. The van der Waals surface area contributed by atoms with E-state index in [2.05, 4.69) is 21.2 Å². The highest BCUT2D eigenvalue weighted by atomic mass is 32.2. The molecule has 0 spiro atoms. The number of amides is 1. The third-order valence-corrected chi connectivity index (χ3v) is 2.44. The van der Waals surface area contributed by atoms with Gasteiger partial charge in [-0.1, -0.05) is 6.08 Å². The van der Waals surface area contributed by atoms with Crippen molar-refractivity contribution in [2.75, 3.05) is 6.26 Å². The number of carbonyl (C=O) groups excluding carboxylic acids is 1. The lowest BCUT2D eigenvalue weighted by atomic mass is 10.2. The number of hydrogen-bond donors (Lipinski definition) is 1. The minimum Gasteiger partial charge on any atom is -0.359 e. The van der Waals surface area contributed by atoms with Crippen molar-refractivity contribution in [1.82, 2.24) is 15.1 Å². The molecule has 7 nitrogen and oxygen atoms in total. The minimum atomic E-state index is -3.73. The number of rotatable bonds is 5. The first-order chi connectivity index (χ1) is 8.23. The first kappa shape index (κ1) is 14.2. The van der Waals surface area contributed by atoms with Crippen LogP contribution in [0.4, 0.5) is 0 Å². The Bertz CT molecular complexity index is 562. The molecule has 1 heterocycles. The SMILES string of the molecule is C=CC(C)NC(=O)c1cn(C)nc1OS(C)(=O)=O. The number of hydrogen-bond acceptors (Lipinski definition) is 5. The summed E-state index contributed by atoms with van der Waals surface area (Å²) in [4.78, 5) is 11.8. The van der Waals surface area contributed by atoms with Crippen molar-refractivity contribution in [1.29, 1.82) is 0 Å². The van der Waals surface area contributed by atoms with E-state index in [9.17, 15) is 13.2 Å². The van der Waals surface area contributed by atoms with Crippen LogP contribution in [0, 0.1) is 0 Å². The van der Waals surface area contributed by atoms with Crippen LogP contribution in [0.15, 0.2) is 18.9 Å². The fourth-order valence-corrected chi connectivity index (χ4v) is 1.58. The Morgan fingerprint density at radius 2 is 2.28 bits per heavy atom. The molecule has 1 N–H and O–H groups in total. The number of carbonyl (C=O) groups is 1. The monoisotopic (exact) mass is 273 g/mol. The molecular formula is C10H15N3O4S. The molecule has 18 heavy (non-hydrogen) atoms. The topological polar surface area (TPSA) is 90.3 Å². The largest absolute Gasteiger partial charge is 0.359 e. The smallest absolute Gasteiger partial charge is 0.307 e. The maximum absolute atomic E-state index is 11.8. The molecule has 1 aromatic rings. The van der Waals surface area contributed by atoms with Crippen LogP contribution in [-0.2, 0) is 17.2 Å². The van der Waals surface area contributed by atoms with Crippen LogP contribution in [0.3, 0.4) is 0 Å². The highest BCUT2D eigenvalue weighted by Gasteiger charge is 2.20. The zero-order chi connectivity index (χ0) is 13.9. The molecule has 0 fully saturated rings. The van der Waals surface area contributed by atoms with Gasteiger partial charge in [0.2, 0.25) is 0 Å². The molecule has 0 radical (unpaired) electrons. The average Bonchev–Trinajstić information content (AvgIpc) is 2.56. The van der Waals surface area contributed by atoms with Gasteiger partial charge in [0.1, 0.15) is 5.56 Å². The minimum absolute atomic E-state index is 0.0524. The highest BCUT2D eigenvalue weighted by Crippen LogP contribution is 2.17. The van der Waals surface area contributed by atoms with Crippen molar-refractivity contribution in [3.63, 3.8) is 0 Å². The quantitative estimate of drug-likeness (QED) is 0.605. The summed E-state index contributed by atoms with van der Waals surface area (Å²) in [7, 11) is -2.17. The van der Waals surface area contributed by atoms with E-state index in [-0.39, 0.29) is 17.5 Å². The second-order valence-corrected chi connectivity index (χ2v) is 5.38. The average molecular weight is 273 g/mol. The van der Waals surface area contributed by atoms with E-state index in [4.69, 9.17) is 0 Å². The molecule has 0 aromatic carbocycles. The first-order valence-electron chi connectivity index (χ1n) is 5.09. The van der Waals surface area contributed by atoms with Gasteiger partial charge in [0.25, 0.3) is 11.8 Å². The number of nitrogens with one attached hydrogen (secondary N) is 1. The predicted molar refractivity (Wildman–Crippen MR) is 65.8 cm³/mol. The molecule has 1 aromatic heterocycles. The van der Waals surface area contributed by atoms with Crippen LogP contribution in [0.25, 0.3) is 0 Å². The molecule has 8 heteroatoms. The highest BCUT2D eigenvalue weighted by molar-refractivity contribution is 7.86. The van der Waals surface area contributed by atoms with Crippen LogP contribution in [0.5, 0.6) is 5.88 Å². The second-order valence-electron chi connectivity index (χ2n) is 3.81. The van der Waals surface area contributed by atoms with Gasteiger partial charge < -0.3 is 9.50 Å². The van der Waals surface area contributed by atoms with E-state index in [1.54, 1.807) is 20.0 Å². The Balaban J connectivity index is 3.01. The van der Waals surface area contributed by atoms with E-state index in [1.807, 2.05) is 0 Å². The predicted octanol–water partition coefficient (Wildman–Crippen LogP) is 0.0628. The van der Waals surface area contributed by atoms with Crippen LogP contribution in [-0.4, -0.2) is 36.4 Å². The fourth-order valence-electron chi connectivity index (χ4n) is 1.17. The zero-order valence-electron chi connectivity index (χ0n) is 10.4. The molecule has 1 atom stereocenters. The van der Waals surface area contributed by atoms with Gasteiger partial charge in [0.15, 0.2) is 0 Å². The Morgan fingerprint density at radius 3 is 2.78 bits per heavy atom. The fraction of sp³-hybridized carbons (Fsp3) is 0.400. The molecular weight excluding hydrogens is 258 g/mol. The molecule has 0 aliphatic heterocycles. The van der Waals surface area contributed by atoms with Crippen molar-refractivity contribution in [3.8, 4) is 5.88 Å². The van der Waals surface area contributed by atoms with Crippen molar-refractivity contribution in [2.24, 2.45) is 7.05 Å². The third kappa shape index (κ3) is 3.88. The molecule has 0 saturated heterocycles. The summed E-state index contributed by atoms with van der Waals surface area (Å²) in [6.07, 6.45) is 3.81. The summed E-state index contributed by atoms with van der Waals surface area (Å²) in [6, 6.07) is -0.246. The van der Waals surface area contributed by atoms with Gasteiger partial charge in [-0.15, -0.1) is 11.7 Å². The Kier molecular flexibility index (Phi) is 4.12. The summed E-state index contributed by atoms with van der Waals surface area (Å²) in [6.45, 7) is 5.27. The Labute approximate surface area is 106 Å². The summed E-state index contributed by atoms with van der Waals surface area (Å²) >= 11 is 0. The van der Waals surface area contributed by atoms with Crippen molar-refractivity contribution in [3.05, 3.63) is 24.4 Å². The summed E-state index contributed by atoms with van der Waals surface area (Å²) in [5.41, 5.74) is 0.0524. The van der Waals surface area contributed by atoms with Crippen molar-refractivity contribution in [2.45, 2.75) is 13.0 Å². The normalized spacial score (nSPS) is 12.8. The molecule has 1 rings (SSSR count). The zero-order valence-corrected chi connectivity index (χ0v) is 11.2. The molecule has 0 saturated carbocycles. The molecule has 0 aliphatic carbocycles. The number of aryl methyl sites for hydroxylation is 1. The van der Waals surface area contributed by atoms with Crippen molar-refractivity contribution >= 4 is 16.0 Å². The Hall–Kier alpha value is -1.83. The first-order valence-corrected chi connectivity index (χ1v) is 6.91. The van der Waals surface area contributed by atoms with E-state index >= 15 is 0 Å². The number of aromatic nitrogens is 2. The van der Waals surface area contributed by atoms with Gasteiger partial charge in [-0.3, -0.25) is 9.48 Å². The van der Waals surface area contributed by atoms with Crippen LogP contribution >= 0.6 is 0 Å². The van der Waals surface area contributed by atoms with Crippen LogP contribution in [0.2, 0.25) is 0 Å². The van der Waals surface area contributed by atoms with Gasteiger partial charge in [-0.2, -0.15) is 8.42 Å². The van der Waals surface area contributed by atoms with Gasteiger partial charge in [0, 0.05) is 19.3 Å². The van der Waals surface area contributed by atoms with E-state index in [1.165, 1.54) is 10.9 Å². The molecule has 0 bridgehead atoms. The van der Waals surface area contributed by atoms with E-state index in [0.717, 1.165) is 6.26 Å². The Morgan fingerprint density at radius 1 is 1.67 bits per heavy atom. The van der Waals surface area contributed by atoms with Gasteiger partial charge >= 0.3 is 10.1 Å². The van der Waals surface area contributed by atoms with Crippen LogP contribution in [0.1, 0.15) is 17.3 Å².